The molecule has 1 saturated heterocycles. The number of alkyl halides is 3. The summed E-state index contributed by atoms with van der Waals surface area (Å²) in [5.41, 5.74) is 4.69. The molecule has 0 atom stereocenters. The highest BCUT2D eigenvalue weighted by molar-refractivity contribution is 6.32. The first-order chi connectivity index (χ1) is 14.5. The topological polar surface area (TPSA) is 81.9 Å². The van der Waals surface area contributed by atoms with Gasteiger partial charge in [0.1, 0.15) is 12.4 Å². The number of hydrogen-bond acceptors (Lipinski definition) is 5. The molecule has 2 N–H and O–H groups in total. The minimum atomic E-state index is -4.45. The van der Waals surface area contributed by atoms with Gasteiger partial charge >= 0.3 is 12.1 Å². The van der Waals surface area contributed by atoms with Crippen LogP contribution in [0.15, 0.2) is 18.2 Å². The molecule has 1 amide bonds. The van der Waals surface area contributed by atoms with Gasteiger partial charge < -0.3 is 20.1 Å². The van der Waals surface area contributed by atoms with Crippen LogP contribution in [0.1, 0.15) is 38.2 Å². The van der Waals surface area contributed by atoms with Crippen LogP contribution in [0.3, 0.4) is 0 Å². The Kier molecular flexibility index (Phi) is 7.05. The molecule has 1 aromatic carbocycles. The third kappa shape index (κ3) is 6.04. The fourth-order valence-corrected chi connectivity index (χ4v) is 4.27. The maximum Gasteiger partial charge on any atom is 0.416 e. The summed E-state index contributed by atoms with van der Waals surface area (Å²) in [6.45, 7) is 2.95. The second-order valence-electron chi connectivity index (χ2n) is 8.47. The van der Waals surface area contributed by atoms with Gasteiger partial charge in [-0.2, -0.15) is 13.2 Å². The minimum absolute atomic E-state index is 0.0639. The number of hydrogen-bond donors (Lipinski definition) is 1. The number of benzene rings is 1. The number of ether oxygens (including phenoxy) is 2. The highest BCUT2D eigenvalue weighted by Gasteiger charge is 2.47. The summed E-state index contributed by atoms with van der Waals surface area (Å²) in [4.78, 5) is 25.4. The van der Waals surface area contributed by atoms with Gasteiger partial charge in [0, 0.05) is 25.9 Å². The molecule has 31 heavy (non-hydrogen) atoms. The Balaban J connectivity index is 1.41. The van der Waals surface area contributed by atoms with E-state index in [0.29, 0.717) is 32.5 Å². The average Bonchev–Trinajstić information content (AvgIpc) is 2.68. The Hall–Kier alpha value is -2.00. The third-order valence-electron chi connectivity index (χ3n) is 5.88. The van der Waals surface area contributed by atoms with E-state index in [1.165, 1.54) is 13.0 Å². The van der Waals surface area contributed by atoms with Crippen molar-refractivity contribution in [2.75, 3.05) is 26.3 Å². The number of nitrogens with two attached hydrogens (primary N) is 1. The van der Waals surface area contributed by atoms with E-state index in [2.05, 4.69) is 0 Å². The Morgan fingerprint density at radius 1 is 1.26 bits per heavy atom. The zero-order chi connectivity index (χ0) is 22.8. The van der Waals surface area contributed by atoms with Gasteiger partial charge in [-0.3, -0.25) is 9.59 Å². The van der Waals surface area contributed by atoms with Crippen molar-refractivity contribution in [2.45, 2.75) is 44.3 Å². The van der Waals surface area contributed by atoms with Crippen LogP contribution in [-0.2, 0) is 20.5 Å². The first-order valence-electron chi connectivity index (χ1n) is 10.2. The molecule has 172 valence electrons. The lowest BCUT2D eigenvalue weighted by atomic mass is 9.68. The predicted octanol–water partition coefficient (Wildman–Crippen LogP) is 3.65. The van der Waals surface area contributed by atoms with Gasteiger partial charge in [0.15, 0.2) is 0 Å². The molecular formula is C21H26ClF3N2O4. The largest absolute Gasteiger partial charge is 0.492 e. The maximum atomic E-state index is 12.7. The molecular weight excluding hydrogens is 437 g/mol. The number of amides is 1. The molecule has 0 aromatic heterocycles. The molecule has 10 heteroatoms. The molecule has 1 heterocycles. The van der Waals surface area contributed by atoms with Crippen molar-refractivity contribution in [3.63, 3.8) is 0 Å². The highest BCUT2D eigenvalue weighted by Crippen LogP contribution is 2.38. The third-order valence-corrected chi connectivity index (χ3v) is 6.17. The molecule has 1 saturated carbocycles. The molecule has 3 rings (SSSR count). The molecule has 0 unspecified atom stereocenters. The molecule has 0 bridgehead atoms. The Labute approximate surface area is 183 Å². The van der Waals surface area contributed by atoms with Crippen LogP contribution in [0.4, 0.5) is 13.2 Å². The van der Waals surface area contributed by atoms with Crippen LogP contribution < -0.4 is 10.5 Å². The quantitative estimate of drug-likeness (QED) is 0.653. The summed E-state index contributed by atoms with van der Waals surface area (Å²) in [5, 5.41) is -0.0774. The first-order valence-corrected chi connectivity index (χ1v) is 10.6. The van der Waals surface area contributed by atoms with Crippen molar-refractivity contribution in [1.29, 1.82) is 0 Å². The van der Waals surface area contributed by atoms with Gasteiger partial charge in [-0.25, -0.2) is 0 Å². The van der Waals surface area contributed by atoms with E-state index in [1.807, 2.05) is 4.90 Å². The van der Waals surface area contributed by atoms with Crippen molar-refractivity contribution in [2.24, 2.45) is 17.6 Å². The smallest absolute Gasteiger partial charge is 0.416 e. The first kappa shape index (κ1) is 23.7. The highest BCUT2D eigenvalue weighted by atomic mass is 35.5. The van der Waals surface area contributed by atoms with Gasteiger partial charge in [0.2, 0.25) is 5.91 Å². The predicted molar refractivity (Wildman–Crippen MR) is 108 cm³/mol. The van der Waals surface area contributed by atoms with E-state index in [9.17, 15) is 22.8 Å². The van der Waals surface area contributed by atoms with E-state index in [1.54, 1.807) is 0 Å². The number of esters is 1. The van der Waals surface area contributed by atoms with Crippen LogP contribution in [0.2, 0.25) is 5.02 Å². The van der Waals surface area contributed by atoms with Crippen molar-refractivity contribution >= 4 is 23.5 Å². The second kappa shape index (κ2) is 9.24. The van der Waals surface area contributed by atoms with Crippen LogP contribution >= 0.6 is 11.6 Å². The fourth-order valence-electron chi connectivity index (χ4n) is 4.04. The zero-order valence-corrected chi connectivity index (χ0v) is 18.0. The number of rotatable bonds is 6. The van der Waals surface area contributed by atoms with E-state index >= 15 is 0 Å². The standard InChI is InChI=1S/C21H26ClF3N2O4/c1-13(28)31-12-20(26)9-15(10-20)19(29)27-6-4-14(5-7-27)11-30-18-3-2-16(8-17(18)22)21(23,24)25/h2-3,8,14-15H,4-7,9-12,26H2,1H3/t15-,20+. The van der Waals surface area contributed by atoms with Gasteiger partial charge in [0.05, 0.1) is 22.7 Å². The summed E-state index contributed by atoms with van der Waals surface area (Å²) in [5.74, 6) is -0.0779. The normalized spacial score (nSPS) is 24.5. The lowest BCUT2D eigenvalue weighted by molar-refractivity contribution is -0.149. The van der Waals surface area contributed by atoms with Crippen molar-refractivity contribution in [3.8, 4) is 5.75 Å². The second-order valence-corrected chi connectivity index (χ2v) is 8.88. The number of nitrogens with zero attached hydrogens (tertiary/aromatic N) is 1. The molecule has 6 nitrogen and oxygen atoms in total. The molecule has 1 aliphatic heterocycles. The summed E-state index contributed by atoms with van der Waals surface area (Å²) in [7, 11) is 0. The van der Waals surface area contributed by atoms with Crippen LogP contribution in [0.25, 0.3) is 0 Å². The number of piperidine rings is 1. The van der Waals surface area contributed by atoms with Gasteiger partial charge in [-0.15, -0.1) is 0 Å². The van der Waals surface area contributed by atoms with E-state index in [-0.39, 0.29) is 41.1 Å². The van der Waals surface area contributed by atoms with Gasteiger partial charge in [0.25, 0.3) is 0 Å². The molecule has 2 fully saturated rings. The Bertz CT molecular complexity index is 819. The van der Waals surface area contributed by atoms with Crippen molar-refractivity contribution in [3.05, 3.63) is 28.8 Å². The zero-order valence-electron chi connectivity index (χ0n) is 17.2. The van der Waals surface area contributed by atoms with Crippen LogP contribution in [-0.4, -0.2) is 48.6 Å². The molecule has 2 aliphatic rings. The summed E-state index contributed by atoms with van der Waals surface area (Å²) in [6, 6.07) is 3.03. The lowest BCUT2D eigenvalue weighted by Crippen LogP contribution is -2.59. The lowest BCUT2D eigenvalue weighted by Gasteiger charge is -2.45. The summed E-state index contributed by atoms with van der Waals surface area (Å²) >= 11 is 5.92. The van der Waals surface area contributed by atoms with E-state index < -0.39 is 17.3 Å². The maximum absolute atomic E-state index is 12.7. The van der Waals surface area contributed by atoms with Crippen LogP contribution in [0, 0.1) is 11.8 Å². The van der Waals surface area contributed by atoms with E-state index in [0.717, 1.165) is 25.0 Å². The molecule has 1 aliphatic carbocycles. The Morgan fingerprint density at radius 3 is 2.45 bits per heavy atom. The number of carbonyl (C=O) groups is 2. The van der Waals surface area contributed by atoms with Crippen molar-refractivity contribution in [1.82, 2.24) is 4.90 Å². The van der Waals surface area contributed by atoms with Crippen molar-refractivity contribution < 1.29 is 32.2 Å². The fraction of sp³-hybridized carbons (Fsp3) is 0.619. The number of halogens is 4. The Morgan fingerprint density at radius 2 is 1.90 bits per heavy atom. The monoisotopic (exact) mass is 462 g/mol. The number of likely N-dealkylation sites (tertiary alicyclic amines) is 1. The molecule has 0 spiro atoms. The van der Waals surface area contributed by atoms with Gasteiger partial charge in [-0.1, -0.05) is 11.6 Å². The molecule has 0 radical (unpaired) electrons. The summed E-state index contributed by atoms with van der Waals surface area (Å²) < 4.78 is 48.8. The van der Waals surface area contributed by atoms with Gasteiger partial charge in [-0.05, 0) is 49.8 Å². The SMILES string of the molecule is CC(=O)OC[C@]1(N)C[C@@H](C(=O)N2CCC(COc3ccc(C(F)(F)F)cc3Cl)CC2)C1. The molecule has 1 aromatic rings. The summed E-state index contributed by atoms with van der Waals surface area (Å²) in [6.07, 6.45) is -2.00. The average molecular weight is 463 g/mol. The number of carbonyl (C=O) groups excluding carboxylic acids is 2. The minimum Gasteiger partial charge on any atom is -0.492 e. The van der Waals surface area contributed by atoms with Crippen LogP contribution in [0.5, 0.6) is 5.75 Å². The van der Waals surface area contributed by atoms with E-state index in [4.69, 9.17) is 26.8 Å².